The van der Waals surface area contributed by atoms with Gasteiger partial charge < -0.3 is 33.7 Å². The Hall–Kier alpha value is -1.08. The second-order valence-electron chi connectivity index (χ2n) is 5.59. The number of para-hydroxylation sites is 1. The highest BCUT2D eigenvalue weighted by Gasteiger charge is 2.23. The number of aryl methyl sites for hydroxylation is 1. The van der Waals surface area contributed by atoms with E-state index in [4.69, 9.17) is 4.74 Å². The lowest BCUT2D eigenvalue weighted by Crippen LogP contribution is -3.00. The zero-order valence-electron chi connectivity index (χ0n) is 12.4. The zero-order valence-corrected chi connectivity index (χ0v) is 14.5. The SMILES string of the molecule is COC(=O)CCc1c([N+](C)(C)C)[nH]c2ccccc12.[I-]. The van der Waals surface area contributed by atoms with Crippen LogP contribution in [0.3, 0.4) is 0 Å². The van der Waals surface area contributed by atoms with Gasteiger partial charge >= 0.3 is 5.97 Å². The number of esters is 1. The molecule has 4 nitrogen and oxygen atoms in total. The fraction of sp³-hybridized carbons (Fsp3) is 0.400. The first-order valence-electron chi connectivity index (χ1n) is 6.42. The summed E-state index contributed by atoms with van der Waals surface area (Å²) in [6.07, 6.45) is 1.10. The van der Waals surface area contributed by atoms with Gasteiger partial charge in [-0.1, -0.05) is 18.2 Å². The van der Waals surface area contributed by atoms with E-state index in [0.717, 1.165) is 11.3 Å². The lowest BCUT2D eigenvalue weighted by molar-refractivity contribution is -0.140. The standard InChI is InChI=1S/C15H21N2O2.HI/c1-17(2,3)15-12(9-10-14(18)19-4)11-7-5-6-8-13(11)16-15;/h5-8,16H,9-10H2,1-4H3;1H/q+1;/p-1. The molecule has 5 heteroatoms. The second-order valence-corrected chi connectivity index (χ2v) is 5.59. The molecule has 0 amide bonds. The number of hydrogen-bond donors (Lipinski definition) is 1. The largest absolute Gasteiger partial charge is 1.00 e. The van der Waals surface area contributed by atoms with Crippen LogP contribution in [0.4, 0.5) is 5.82 Å². The smallest absolute Gasteiger partial charge is 0.305 e. The third kappa shape index (κ3) is 3.52. The van der Waals surface area contributed by atoms with Crippen LogP contribution in [0.1, 0.15) is 12.0 Å². The molecule has 0 bridgehead atoms. The molecule has 0 saturated heterocycles. The number of H-pyrrole nitrogens is 1. The molecular weight excluding hydrogens is 367 g/mol. The van der Waals surface area contributed by atoms with Gasteiger partial charge in [-0.2, -0.15) is 0 Å². The summed E-state index contributed by atoms with van der Waals surface area (Å²) in [5.41, 5.74) is 2.32. The number of ether oxygens (including phenoxy) is 1. The van der Waals surface area contributed by atoms with Crippen molar-refractivity contribution in [3.63, 3.8) is 0 Å². The fourth-order valence-corrected chi connectivity index (χ4v) is 2.34. The van der Waals surface area contributed by atoms with Crippen LogP contribution in [0.5, 0.6) is 0 Å². The van der Waals surface area contributed by atoms with Gasteiger partial charge in [0.2, 0.25) is 5.82 Å². The molecule has 0 fully saturated rings. The summed E-state index contributed by atoms with van der Waals surface area (Å²) in [5, 5.41) is 1.19. The molecule has 2 rings (SSSR count). The van der Waals surface area contributed by atoms with Crippen LogP contribution < -0.4 is 28.5 Å². The number of nitrogens with zero attached hydrogens (tertiary/aromatic N) is 1. The molecule has 0 radical (unpaired) electrons. The molecule has 20 heavy (non-hydrogen) atoms. The highest BCUT2D eigenvalue weighted by Crippen LogP contribution is 2.31. The number of methoxy groups -OCH3 is 1. The van der Waals surface area contributed by atoms with Crippen molar-refractivity contribution in [1.82, 2.24) is 9.47 Å². The van der Waals surface area contributed by atoms with E-state index in [9.17, 15) is 4.79 Å². The van der Waals surface area contributed by atoms with E-state index in [1.54, 1.807) is 0 Å². The summed E-state index contributed by atoms with van der Waals surface area (Å²) < 4.78 is 5.43. The summed E-state index contributed by atoms with van der Waals surface area (Å²) >= 11 is 0. The topological polar surface area (TPSA) is 42.1 Å². The van der Waals surface area contributed by atoms with Gasteiger partial charge in [-0.3, -0.25) is 9.28 Å². The molecule has 0 atom stereocenters. The van der Waals surface area contributed by atoms with E-state index in [1.807, 2.05) is 12.1 Å². The van der Waals surface area contributed by atoms with Crippen molar-refractivity contribution in [1.29, 1.82) is 0 Å². The number of nitrogens with one attached hydrogen (secondary N) is 1. The van der Waals surface area contributed by atoms with E-state index in [2.05, 4.69) is 38.3 Å². The Balaban J connectivity index is 0.00000200. The first-order chi connectivity index (χ1) is 8.93. The minimum absolute atomic E-state index is 0. The van der Waals surface area contributed by atoms with Crippen LogP contribution in [-0.2, 0) is 16.0 Å². The number of aromatic nitrogens is 1. The number of quaternary nitrogens is 1. The van der Waals surface area contributed by atoms with Gasteiger partial charge in [-0.25, -0.2) is 0 Å². The van der Waals surface area contributed by atoms with Gasteiger partial charge in [0.05, 0.1) is 33.8 Å². The molecule has 1 N–H and O–H groups in total. The summed E-state index contributed by atoms with van der Waals surface area (Å²) in [6, 6.07) is 8.20. The maximum atomic E-state index is 11.4. The van der Waals surface area contributed by atoms with E-state index < -0.39 is 0 Å². The van der Waals surface area contributed by atoms with Crippen LogP contribution in [-0.4, -0.2) is 39.2 Å². The molecule has 0 aliphatic rings. The maximum Gasteiger partial charge on any atom is 0.305 e. The van der Waals surface area contributed by atoms with Crippen molar-refractivity contribution < 1.29 is 33.5 Å². The first-order valence-corrected chi connectivity index (χ1v) is 6.42. The lowest BCUT2D eigenvalue weighted by atomic mass is 10.1. The number of fused-ring (bicyclic) bond motifs is 1. The van der Waals surface area contributed by atoms with E-state index in [0.29, 0.717) is 17.3 Å². The van der Waals surface area contributed by atoms with Crippen LogP contribution in [0.15, 0.2) is 24.3 Å². The predicted octanol–water partition coefficient (Wildman–Crippen LogP) is -0.526. The molecule has 0 aliphatic carbocycles. The normalized spacial score (nSPS) is 11.2. The van der Waals surface area contributed by atoms with Crippen molar-refractivity contribution in [2.75, 3.05) is 28.3 Å². The number of carbonyl (C=O) groups is 1. The average molecular weight is 388 g/mol. The van der Waals surface area contributed by atoms with E-state index in [-0.39, 0.29) is 29.9 Å². The van der Waals surface area contributed by atoms with Crippen LogP contribution >= 0.6 is 0 Å². The van der Waals surface area contributed by atoms with Crippen LogP contribution in [0, 0.1) is 0 Å². The van der Waals surface area contributed by atoms with E-state index in [1.165, 1.54) is 18.1 Å². The highest BCUT2D eigenvalue weighted by atomic mass is 127. The van der Waals surface area contributed by atoms with Gasteiger partial charge in [0, 0.05) is 17.4 Å². The van der Waals surface area contributed by atoms with Gasteiger partial charge in [0.1, 0.15) is 0 Å². The minimum atomic E-state index is -0.169. The van der Waals surface area contributed by atoms with Crippen molar-refractivity contribution in [3.8, 4) is 0 Å². The van der Waals surface area contributed by atoms with Gasteiger partial charge in [-0.15, -0.1) is 0 Å². The third-order valence-electron chi connectivity index (χ3n) is 3.27. The van der Waals surface area contributed by atoms with Gasteiger partial charge in [0.15, 0.2) is 0 Å². The molecule has 0 unspecified atom stereocenters. The molecule has 0 aliphatic heterocycles. The number of benzene rings is 1. The van der Waals surface area contributed by atoms with Gasteiger partial charge in [-0.05, 0) is 12.5 Å². The number of rotatable bonds is 4. The Labute approximate surface area is 136 Å². The van der Waals surface area contributed by atoms with Crippen molar-refractivity contribution in [2.24, 2.45) is 0 Å². The number of aromatic amines is 1. The Morgan fingerprint density at radius 2 is 1.90 bits per heavy atom. The third-order valence-corrected chi connectivity index (χ3v) is 3.27. The molecular formula is C15H21IN2O2. The van der Waals surface area contributed by atoms with Gasteiger partial charge in [0.25, 0.3) is 0 Å². The van der Waals surface area contributed by atoms with Crippen molar-refractivity contribution in [3.05, 3.63) is 29.8 Å². The lowest BCUT2D eigenvalue weighted by Gasteiger charge is -2.23. The van der Waals surface area contributed by atoms with E-state index >= 15 is 0 Å². The molecule has 110 valence electrons. The van der Waals surface area contributed by atoms with Crippen molar-refractivity contribution in [2.45, 2.75) is 12.8 Å². The zero-order chi connectivity index (χ0) is 14.0. The summed E-state index contributed by atoms with van der Waals surface area (Å²) in [5.74, 6) is 0.975. The quantitative estimate of drug-likeness (QED) is 0.435. The Kier molecular flexibility index (Phi) is 5.59. The number of hydrogen-bond acceptors (Lipinski definition) is 2. The molecule has 0 spiro atoms. The molecule has 2 aromatic rings. The second kappa shape index (κ2) is 6.58. The van der Waals surface area contributed by atoms with Crippen LogP contribution in [0.25, 0.3) is 10.9 Å². The Bertz CT molecular complexity index is 599. The summed E-state index contributed by atoms with van der Waals surface area (Å²) in [4.78, 5) is 14.8. The molecule has 1 aromatic carbocycles. The highest BCUT2D eigenvalue weighted by molar-refractivity contribution is 5.89. The Morgan fingerprint density at radius 3 is 2.50 bits per heavy atom. The summed E-state index contributed by atoms with van der Waals surface area (Å²) in [6.45, 7) is 0. The average Bonchev–Trinajstić information content (AvgIpc) is 2.74. The minimum Gasteiger partial charge on any atom is -1.00 e. The maximum absolute atomic E-state index is 11.4. The predicted molar refractivity (Wildman–Crippen MR) is 78.2 cm³/mol. The fourth-order valence-electron chi connectivity index (χ4n) is 2.34. The number of halogens is 1. The monoisotopic (exact) mass is 388 g/mol. The number of carbonyl (C=O) groups excluding carboxylic acids is 1. The first kappa shape index (κ1) is 17.0. The molecule has 0 saturated carbocycles. The van der Waals surface area contributed by atoms with Crippen molar-refractivity contribution >= 4 is 22.7 Å². The Morgan fingerprint density at radius 1 is 1.25 bits per heavy atom. The molecule has 1 heterocycles. The molecule has 1 aromatic heterocycles. The summed E-state index contributed by atoms with van der Waals surface area (Å²) in [7, 11) is 7.78. The van der Waals surface area contributed by atoms with Crippen LogP contribution in [0.2, 0.25) is 0 Å².